The number of fused-ring (bicyclic) bond motifs is 1. The Hall–Kier alpha value is -0.390. The first kappa shape index (κ1) is 15.6. The molecule has 0 fully saturated rings. The molecule has 0 aliphatic carbocycles. The number of hydrogen-bond acceptors (Lipinski definition) is 1. The predicted molar refractivity (Wildman–Crippen MR) is 77.7 cm³/mol. The van der Waals surface area contributed by atoms with Crippen molar-refractivity contribution in [1.29, 1.82) is 0 Å². The van der Waals surface area contributed by atoms with Crippen LogP contribution in [-0.2, 0) is 13.0 Å². The van der Waals surface area contributed by atoms with E-state index in [1.807, 2.05) is 27.7 Å². The summed E-state index contributed by atoms with van der Waals surface area (Å²) in [4.78, 5) is 0. The molecule has 1 atom stereocenters. The van der Waals surface area contributed by atoms with E-state index in [0.29, 0.717) is 0 Å². The van der Waals surface area contributed by atoms with Crippen molar-refractivity contribution in [2.45, 2.75) is 47.6 Å². The summed E-state index contributed by atoms with van der Waals surface area (Å²) in [5.74, 6) is 0. The number of nitrogens with zero attached hydrogens (tertiary/aromatic N) is 1. The minimum atomic E-state index is 1.09. The van der Waals surface area contributed by atoms with E-state index in [-0.39, 0.29) is 0 Å². The van der Waals surface area contributed by atoms with Crippen LogP contribution < -0.4 is 0 Å². The summed E-state index contributed by atoms with van der Waals surface area (Å²) in [5, 5.41) is 0. The van der Waals surface area contributed by atoms with Gasteiger partial charge in [-0.2, -0.15) is 0 Å². The monoisotopic (exact) mass is 239 g/mol. The molecule has 1 aromatic rings. The maximum Gasteiger partial charge on any atom is 0.0273 e. The van der Waals surface area contributed by atoms with Gasteiger partial charge >= 0.3 is 0 Å². The molecule has 1 unspecified atom stereocenters. The fraction of sp³-hybridized carbons (Fsp3) is 0.571. The van der Waals surface area contributed by atoms with Gasteiger partial charge < -0.3 is 0 Å². The normalized spacial score (nSPS) is 13.9. The molecule has 0 N–H and O–H groups in total. The van der Waals surface area contributed by atoms with Crippen LogP contribution in [0.4, 0.5) is 0 Å². The average molecular weight is 239 g/mol. The van der Waals surface area contributed by atoms with Crippen LogP contribution in [0.5, 0.6) is 0 Å². The molecule has 2 rings (SSSR count). The van der Waals surface area contributed by atoms with E-state index in [0.717, 1.165) is 6.54 Å². The van der Waals surface area contributed by atoms with Gasteiger partial charge in [-0.3, -0.25) is 4.67 Å². The minimum absolute atomic E-state index is 1.09. The molecule has 16 heavy (non-hydrogen) atoms. The van der Waals surface area contributed by atoms with E-state index in [1.165, 1.54) is 29.7 Å². The Labute approximate surface area is 104 Å². The third-order valence-electron chi connectivity index (χ3n) is 2.54. The fourth-order valence-electron chi connectivity index (χ4n) is 1.77. The number of aryl methyl sites for hydroxylation is 1. The molecule has 0 spiro atoms. The molecule has 0 aromatic heterocycles. The van der Waals surface area contributed by atoms with E-state index in [4.69, 9.17) is 0 Å². The lowest BCUT2D eigenvalue weighted by molar-refractivity contribution is 0.442. The van der Waals surface area contributed by atoms with E-state index in [2.05, 4.69) is 39.2 Å². The number of rotatable bonds is 0. The van der Waals surface area contributed by atoms with Gasteiger partial charge in [0, 0.05) is 13.1 Å². The zero-order valence-corrected chi connectivity index (χ0v) is 12.5. The van der Waals surface area contributed by atoms with E-state index >= 15 is 0 Å². The topological polar surface area (TPSA) is 3.24 Å². The summed E-state index contributed by atoms with van der Waals surface area (Å²) in [5.41, 5.74) is 4.49. The number of benzene rings is 1. The van der Waals surface area contributed by atoms with E-state index < -0.39 is 0 Å². The average Bonchev–Trinajstić information content (AvgIpc) is 2.35. The second-order valence-electron chi connectivity index (χ2n) is 3.43. The molecular weight excluding hydrogens is 213 g/mol. The molecule has 0 radical (unpaired) electrons. The first-order valence-corrected chi connectivity index (χ1v) is 6.86. The van der Waals surface area contributed by atoms with Crippen molar-refractivity contribution < 1.29 is 0 Å². The van der Waals surface area contributed by atoms with E-state index in [1.54, 1.807) is 0 Å². The van der Waals surface area contributed by atoms with Crippen LogP contribution in [0, 0.1) is 6.92 Å². The molecule has 1 nitrogen and oxygen atoms in total. The lowest BCUT2D eigenvalue weighted by Crippen LogP contribution is -2.22. The molecular formula is C14H26NP. The largest absolute Gasteiger partial charge is 0.283 e. The van der Waals surface area contributed by atoms with Gasteiger partial charge in [0.2, 0.25) is 0 Å². The molecule has 0 saturated heterocycles. The van der Waals surface area contributed by atoms with Gasteiger partial charge in [-0.15, -0.1) is 0 Å². The van der Waals surface area contributed by atoms with Crippen LogP contribution in [0.25, 0.3) is 0 Å². The Bertz CT molecular complexity index is 297. The van der Waals surface area contributed by atoms with Crippen molar-refractivity contribution >= 4 is 9.39 Å². The summed E-state index contributed by atoms with van der Waals surface area (Å²) in [7, 11) is 2.78. The van der Waals surface area contributed by atoms with Gasteiger partial charge in [0.05, 0.1) is 0 Å². The van der Waals surface area contributed by atoms with Gasteiger partial charge in [-0.05, 0) is 30.0 Å². The third-order valence-corrected chi connectivity index (χ3v) is 2.98. The molecule has 1 aliphatic heterocycles. The van der Waals surface area contributed by atoms with Gasteiger partial charge in [0.15, 0.2) is 0 Å². The third kappa shape index (κ3) is 4.23. The highest BCUT2D eigenvalue weighted by atomic mass is 31.0. The van der Waals surface area contributed by atoms with Gasteiger partial charge in [0.25, 0.3) is 0 Å². The van der Waals surface area contributed by atoms with E-state index in [9.17, 15) is 0 Å². The summed E-state index contributed by atoms with van der Waals surface area (Å²) < 4.78 is 2.30. The maximum atomic E-state index is 2.78. The Kier molecular flexibility index (Phi) is 8.51. The van der Waals surface area contributed by atoms with Gasteiger partial charge in [-0.1, -0.05) is 55.3 Å². The quantitative estimate of drug-likeness (QED) is 0.613. The standard InChI is InChI=1S/C10H14NP.2C2H6/c1-8-3-2-4-9-5-6-11(12)7-10(8)9;2*1-2/h2-4H,5-7,12H2,1H3;2*1-2H3. The van der Waals surface area contributed by atoms with Crippen molar-refractivity contribution in [3.63, 3.8) is 0 Å². The SMILES string of the molecule is CC.CC.Cc1cccc2c1CN(P)CC2. The first-order valence-electron chi connectivity index (χ1n) is 6.34. The Balaban J connectivity index is 0.000000509. The van der Waals surface area contributed by atoms with Crippen molar-refractivity contribution in [2.75, 3.05) is 6.54 Å². The summed E-state index contributed by atoms with van der Waals surface area (Å²) in [6.45, 7) is 12.5. The summed E-state index contributed by atoms with van der Waals surface area (Å²) in [6, 6.07) is 6.61. The van der Waals surface area contributed by atoms with Crippen LogP contribution >= 0.6 is 9.39 Å². The van der Waals surface area contributed by atoms with Crippen molar-refractivity contribution in [3.05, 3.63) is 34.9 Å². The molecule has 0 bridgehead atoms. The molecule has 1 aromatic carbocycles. The highest BCUT2D eigenvalue weighted by Gasteiger charge is 2.13. The summed E-state index contributed by atoms with van der Waals surface area (Å²) in [6.07, 6.45) is 1.19. The second-order valence-corrected chi connectivity index (χ2v) is 4.16. The Morgan fingerprint density at radius 2 is 1.75 bits per heavy atom. The molecule has 1 aliphatic rings. The highest BCUT2D eigenvalue weighted by molar-refractivity contribution is 7.13. The minimum Gasteiger partial charge on any atom is -0.283 e. The van der Waals surface area contributed by atoms with Crippen LogP contribution in [0.15, 0.2) is 18.2 Å². The van der Waals surface area contributed by atoms with Gasteiger partial charge in [-0.25, -0.2) is 0 Å². The number of hydrogen-bond donors (Lipinski definition) is 0. The van der Waals surface area contributed by atoms with Crippen LogP contribution in [0.2, 0.25) is 0 Å². The van der Waals surface area contributed by atoms with Crippen LogP contribution in [-0.4, -0.2) is 11.2 Å². The lowest BCUT2D eigenvalue weighted by Gasteiger charge is -2.25. The summed E-state index contributed by atoms with van der Waals surface area (Å²) >= 11 is 0. The molecule has 2 heteroatoms. The lowest BCUT2D eigenvalue weighted by atomic mass is 9.97. The van der Waals surface area contributed by atoms with Gasteiger partial charge in [0.1, 0.15) is 0 Å². The first-order chi connectivity index (χ1) is 7.77. The maximum absolute atomic E-state index is 2.78. The zero-order valence-electron chi connectivity index (χ0n) is 11.4. The molecule has 1 heterocycles. The van der Waals surface area contributed by atoms with Crippen molar-refractivity contribution in [1.82, 2.24) is 4.67 Å². The molecule has 0 amide bonds. The van der Waals surface area contributed by atoms with Crippen LogP contribution in [0.1, 0.15) is 44.4 Å². The molecule has 0 saturated carbocycles. The molecule has 92 valence electrons. The smallest absolute Gasteiger partial charge is 0.0273 e. The fourth-order valence-corrected chi connectivity index (χ4v) is 2.08. The Morgan fingerprint density at radius 1 is 1.12 bits per heavy atom. The second kappa shape index (κ2) is 8.73. The van der Waals surface area contributed by atoms with Crippen molar-refractivity contribution in [2.24, 2.45) is 0 Å². The Morgan fingerprint density at radius 3 is 2.38 bits per heavy atom. The highest BCUT2D eigenvalue weighted by Crippen LogP contribution is 2.23. The predicted octanol–water partition coefficient (Wildman–Crippen LogP) is 4.20. The van der Waals surface area contributed by atoms with Crippen LogP contribution in [0.3, 0.4) is 0 Å². The zero-order chi connectivity index (χ0) is 12.6. The van der Waals surface area contributed by atoms with Crippen molar-refractivity contribution in [3.8, 4) is 0 Å².